The molecule has 2 nitrogen and oxygen atoms in total. The third kappa shape index (κ3) is 2.29. The third-order valence-electron chi connectivity index (χ3n) is 4.04. The Morgan fingerprint density at radius 3 is 1.79 bits per heavy atom. The van der Waals surface area contributed by atoms with Crippen molar-refractivity contribution in [2.24, 2.45) is 0 Å². The average molecular weight is 253 g/mol. The molecule has 19 heavy (non-hydrogen) atoms. The molecule has 1 saturated heterocycles. The van der Waals surface area contributed by atoms with E-state index in [1.807, 2.05) is 12.1 Å². The smallest absolute Gasteiger partial charge is 0.0820 e. The third-order valence-corrected chi connectivity index (χ3v) is 4.04. The molecule has 2 aromatic rings. The summed E-state index contributed by atoms with van der Waals surface area (Å²) in [6, 6.07) is 21.5. The number of hydrogen-bond donors (Lipinski definition) is 1. The molecule has 1 heterocycles. The van der Waals surface area contributed by atoms with Gasteiger partial charge in [-0.1, -0.05) is 60.7 Å². The van der Waals surface area contributed by atoms with E-state index in [0.717, 1.165) is 6.54 Å². The van der Waals surface area contributed by atoms with E-state index in [9.17, 15) is 5.11 Å². The second-order valence-corrected chi connectivity index (χ2v) is 5.23. The van der Waals surface area contributed by atoms with E-state index in [1.165, 1.54) is 11.1 Å². The van der Waals surface area contributed by atoms with Crippen molar-refractivity contribution in [3.63, 3.8) is 0 Å². The maximum atomic E-state index is 9.79. The fourth-order valence-electron chi connectivity index (χ4n) is 2.80. The molecule has 0 saturated carbocycles. The van der Waals surface area contributed by atoms with Gasteiger partial charge in [0.25, 0.3) is 0 Å². The molecule has 0 radical (unpaired) electrons. The summed E-state index contributed by atoms with van der Waals surface area (Å²) in [7, 11) is 0. The van der Waals surface area contributed by atoms with Crippen molar-refractivity contribution >= 4 is 0 Å². The lowest BCUT2D eigenvalue weighted by Gasteiger charge is -2.48. The predicted molar refractivity (Wildman–Crippen MR) is 76.9 cm³/mol. The Morgan fingerprint density at radius 2 is 1.42 bits per heavy atom. The molecule has 1 aliphatic rings. The van der Waals surface area contributed by atoms with Gasteiger partial charge in [0.1, 0.15) is 0 Å². The van der Waals surface area contributed by atoms with E-state index in [4.69, 9.17) is 0 Å². The molecule has 1 N–H and O–H groups in total. The number of benzene rings is 2. The van der Waals surface area contributed by atoms with Crippen molar-refractivity contribution in [3.8, 4) is 0 Å². The van der Waals surface area contributed by atoms with E-state index >= 15 is 0 Å². The van der Waals surface area contributed by atoms with Gasteiger partial charge in [-0.15, -0.1) is 0 Å². The van der Waals surface area contributed by atoms with Gasteiger partial charge < -0.3 is 5.11 Å². The van der Waals surface area contributed by atoms with Crippen LogP contribution in [0.3, 0.4) is 0 Å². The van der Waals surface area contributed by atoms with Gasteiger partial charge in [-0.05, 0) is 18.1 Å². The van der Waals surface area contributed by atoms with Gasteiger partial charge in [-0.25, -0.2) is 0 Å². The Bertz CT molecular complexity index is 486. The van der Waals surface area contributed by atoms with E-state index in [2.05, 4.69) is 60.4 Å². The minimum Gasteiger partial charge on any atom is -0.390 e. The summed E-state index contributed by atoms with van der Waals surface area (Å²) in [6.07, 6.45) is -0.199. The molecular weight excluding hydrogens is 234 g/mol. The lowest BCUT2D eigenvalue weighted by atomic mass is 9.90. The number of nitrogens with zero attached hydrogens (tertiary/aromatic N) is 1. The van der Waals surface area contributed by atoms with Crippen LogP contribution in [0.2, 0.25) is 0 Å². The summed E-state index contributed by atoms with van der Waals surface area (Å²) in [4.78, 5) is 2.36. The van der Waals surface area contributed by atoms with Crippen molar-refractivity contribution in [2.75, 3.05) is 6.54 Å². The summed E-state index contributed by atoms with van der Waals surface area (Å²) in [5.74, 6) is 0. The van der Waals surface area contributed by atoms with Crippen LogP contribution in [-0.2, 0) is 0 Å². The van der Waals surface area contributed by atoms with Crippen LogP contribution in [0.1, 0.15) is 24.1 Å². The second kappa shape index (κ2) is 5.16. The fraction of sp³-hybridized carbons (Fsp3) is 0.294. The Kier molecular flexibility index (Phi) is 3.36. The maximum absolute atomic E-state index is 9.79. The van der Waals surface area contributed by atoms with E-state index in [1.54, 1.807) is 0 Å². The molecule has 0 bridgehead atoms. The summed E-state index contributed by atoms with van der Waals surface area (Å²) < 4.78 is 0. The number of β-amino-alcohol motifs (C(OH)–C–C–N with tert-alkyl or cyclic N) is 1. The minimum absolute atomic E-state index is 0.199. The van der Waals surface area contributed by atoms with Gasteiger partial charge in [0.15, 0.2) is 0 Å². The first-order valence-electron chi connectivity index (χ1n) is 6.81. The fourth-order valence-corrected chi connectivity index (χ4v) is 2.80. The van der Waals surface area contributed by atoms with Gasteiger partial charge >= 0.3 is 0 Å². The molecule has 98 valence electrons. The Balaban J connectivity index is 1.97. The first-order chi connectivity index (χ1) is 9.27. The standard InChI is InChI=1S/C17H19NO/c1-13-16(19)12-18(13)17(14-8-4-2-5-9-14)15-10-6-3-7-11-15/h2-11,13,16-17,19H,12H2,1H3/t13-,16+/m0/s1. The molecular formula is C17H19NO. The van der Waals surface area contributed by atoms with E-state index in [-0.39, 0.29) is 18.2 Å². The molecule has 0 spiro atoms. The lowest BCUT2D eigenvalue weighted by Crippen LogP contribution is -2.59. The molecule has 0 unspecified atom stereocenters. The zero-order valence-electron chi connectivity index (χ0n) is 11.1. The summed E-state index contributed by atoms with van der Waals surface area (Å²) >= 11 is 0. The Labute approximate surface area is 114 Å². The number of aliphatic hydroxyl groups excluding tert-OH is 1. The Morgan fingerprint density at radius 1 is 0.947 bits per heavy atom. The zero-order valence-corrected chi connectivity index (χ0v) is 11.1. The molecule has 2 heteroatoms. The zero-order chi connectivity index (χ0) is 13.2. The van der Waals surface area contributed by atoms with Crippen LogP contribution < -0.4 is 0 Å². The highest BCUT2D eigenvalue weighted by Gasteiger charge is 2.39. The lowest BCUT2D eigenvalue weighted by molar-refractivity contribution is -0.0693. The Hall–Kier alpha value is -1.64. The van der Waals surface area contributed by atoms with Crippen LogP contribution >= 0.6 is 0 Å². The van der Waals surface area contributed by atoms with Gasteiger partial charge in [-0.3, -0.25) is 4.90 Å². The second-order valence-electron chi connectivity index (χ2n) is 5.23. The van der Waals surface area contributed by atoms with E-state index in [0.29, 0.717) is 0 Å². The average Bonchev–Trinajstić information content (AvgIpc) is 2.49. The van der Waals surface area contributed by atoms with Gasteiger partial charge in [-0.2, -0.15) is 0 Å². The van der Waals surface area contributed by atoms with Crippen molar-refractivity contribution in [3.05, 3.63) is 71.8 Å². The van der Waals surface area contributed by atoms with Crippen LogP contribution in [-0.4, -0.2) is 28.7 Å². The summed E-state index contributed by atoms with van der Waals surface area (Å²) in [5.41, 5.74) is 2.57. The molecule has 1 fully saturated rings. The first-order valence-corrected chi connectivity index (χ1v) is 6.81. The molecule has 1 aliphatic heterocycles. The predicted octanol–water partition coefficient (Wildman–Crippen LogP) is 2.84. The van der Waals surface area contributed by atoms with Crippen molar-refractivity contribution in [1.82, 2.24) is 4.90 Å². The van der Waals surface area contributed by atoms with Crippen LogP contribution in [0, 0.1) is 0 Å². The highest BCUT2D eigenvalue weighted by molar-refractivity contribution is 5.32. The van der Waals surface area contributed by atoms with Crippen LogP contribution in [0.15, 0.2) is 60.7 Å². The molecule has 3 rings (SSSR count). The molecule has 2 aromatic carbocycles. The van der Waals surface area contributed by atoms with Gasteiger partial charge in [0, 0.05) is 12.6 Å². The van der Waals surface area contributed by atoms with Crippen LogP contribution in [0.25, 0.3) is 0 Å². The molecule has 2 atom stereocenters. The number of hydrogen-bond acceptors (Lipinski definition) is 2. The summed E-state index contributed by atoms with van der Waals surface area (Å²) in [6.45, 7) is 2.84. The topological polar surface area (TPSA) is 23.5 Å². The largest absolute Gasteiger partial charge is 0.390 e. The summed E-state index contributed by atoms with van der Waals surface area (Å²) in [5, 5.41) is 9.79. The molecule has 0 aromatic heterocycles. The van der Waals surface area contributed by atoms with Crippen molar-refractivity contribution in [1.29, 1.82) is 0 Å². The van der Waals surface area contributed by atoms with E-state index < -0.39 is 0 Å². The molecule has 0 amide bonds. The molecule has 0 aliphatic carbocycles. The van der Waals surface area contributed by atoms with Crippen molar-refractivity contribution in [2.45, 2.75) is 25.1 Å². The first kappa shape index (κ1) is 12.4. The highest BCUT2D eigenvalue weighted by Crippen LogP contribution is 2.35. The SMILES string of the molecule is C[C@H]1[C@H](O)CN1C(c1ccccc1)c1ccccc1. The van der Waals surface area contributed by atoms with Crippen LogP contribution in [0.4, 0.5) is 0 Å². The normalized spacial score (nSPS) is 23.3. The van der Waals surface area contributed by atoms with Crippen LogP contribution in [0.5, 0.6) is 0 Å². The van der Waals surface area contributed by atoms with Gasteiger partial charge in [0.05, 0.1) is 12.1 Å². The number of aliphatic hydroxyl groups is 1. The highest BCUT2D eigenvalue weighted by atomic mass is 16.3. The minimum atomic E-state index is -0.199. The number of likely N-dealkylation sites (tertiary alicyclic amines) is 1. The number of rotatable bonds is 3. The quantitative estimate of drug-likeness (QED) is 0.909. The van der Waals surface area contributed by atoms with Crippen molar-refractivity contribution < 1.29 is 5.11 Å². The van der Waals surface area contributed by atoms with Gasteiger partial charge in [0.2, 0.25) is 0 Å². The maximum Gasteiger partial charge on any atom is 0.0820 e. The monoisotopic (exact) mass is 253 g/mol.